The first-order valence-corrected chi connectivity index (χ1v) is 27.6. The van der Waals surface area contributed by atoms with Crippen LogP contribution in [0.4, 0.5) is 0 Å². The summed E-state index contributed by atoms with van der Waals surface area (Å²) in [6.45, 7) is 4.62. The van der Waals surface area contributed by atoms with Gasteiger partial charge < -0.3 is 5.73 Å². The highest BCUT2D eigenvalue weighted by Crippen LogP contribution is 2.36. The van der Waals surface area contributed by atoms with E-state index in [4.69, 9.17) is 5.73 Å². The number of nitrogens with two attached hydrogens (primary N) is 1. The average molecular weight is 828 g/mol. The molecule has 1 nitrogen and oxygen atoms in total. The largest absolute Gasteiger partial charge is 0.327 e. The maximum atomic E-state index is 7.40. The Hall–Kier alpha value is -1.60. The number of rotatable bonds is 46. The Morgan fingerprint density at radius 2 is 0.450 bits per heavy atom. The van der Waals surface area contributed by atoms with Gasteiger partial charge in [-0.25, -0.2) is 0 Å². The summed E-state index contributed by atoms with van der Waals surface area (Å²) in [7, 11) is 0. The van der Waals surface area contributed by atoms with Gasteiger partial charge in [-0.2, -0.15) is 0 Å². The summed E-state index contributed by atoms with van der Waals surface area (Å²) in [6, 6.07) is 22.8. The molecule has 0 heterocycles. The summed E-state index contributed by atoms with van der Waals surface area (Å²) in [5.74, 6) is 0.856. The van der Waals surface area contributed by atoms with Crippen LogP contribution in [0, 0.1) is 0 Å². The second kappa shape index (κ2) is 42.7. The van der Waals surface area contributed by atoms with E-state index < -0.39 is 0 Å². The van der Waals surface area contributed by atoms with E-state index in [1.54, 1.807) is 0 Å². The van der Waals surface area contributed by atoms with Gasteiger partial charge in [-0.15, -0.1) is 0 Å². The van der Waals surface area contributed by atoms with Crippen LogP contribution >= 0.6 is 0 Å². The van der Waals surface area contributed by atoms with Gasteiger partial charge in [-0.05, 0) is 35.8 Å². The van der Waals surface area contributed by atoms with Crippen molar-refractivity contribution in [3.63, 3.8) is 0 Å². The lowest BCUT2D eigenvalue weighted by molar-refractivity contribution is 0.387. The Balaban J connectivity index is 1.56. The minimum Gasteiger partial charge on any atom is -0.327 e. The molecule has 0 aliphatic rings. The van der Waals surface area contributed by atoms with Gasteiger partial charge in [-0.3, -0.25) is 0 Å². The zero-order valence-electron chi connectivity index (χ0n) is 40.8. The van der Waals surface area contributed by atoms with Crippen LogP contribution in [0.5, 0.6) is 0 Å². The second-order valence-corrected chi connectivity index (χ2v) is 19.6. The summed E-state index contributed by atoms with van der Waals surface area (Å²) in [6.07, 6.45) is 59.8. The molecule has 2 rings (SSSR count). The molecule has 0 fully saturated rings. The molecule has 2 atom stereocenters. The third-order valence-electron chi connectivity index (χ3n) is 14.1. The lowest BCUT2D eigenvalue weighted by Crippen LogP contribution is -2.35. The highest BCUT2D eigenvalue weighted by molar-refractivity contribution is 5.27. The molecule has 0 saturated carbocycles. The van der Waals surface area contributed by atoms with Crippen molar-refractivity contribution in [2.24, 2.45) is 5.73 Å². The van der Waals surface area contributed by atoms with E-state index in [0.29, 0.717) is 11.8 Å². The zero-order chi connectivity index (χ0) is 42.7. The SMILES string of the molecule is CCCCCCCCCCCCCCCCCCCCCCC(c1ccccc1)C(N)C(CCCCCCCCCCCCCCCCCCCCCC)c1ccccc1. The van der Waals surface area contributed by atoms with Crippen molar-refractivity contribution >= 4 is 0 Å². The molecule has 60 heavy (non-hydrogen) atoms. The van der Waals surface area contributed by atoms with Crippen molar-refractivity contribution in [3.8, 4) is 0 Å². The first-order chi connectivity index (χ1) is 29.8. The maximum absolute atomic E-state index is 7.40. The van der Waals surface area contributed by atoms with Crippen LogP contribution in [0.3, 0.4) is 0 Å². The Labute approximate surface area is 377 Å². The molecule has 2 aromatic carbocycles. The van der Waals surface area contributed by atoms with Gasteiger partial charge in [0.15, 0.2) is 0 Å². The van der Waals surface area contributed by atoms with E-state index in [2.05, 4.69) is 74.5 Å². The first kappa shape index (κ1) is 54.5. The monoisotopic (exact) mass is 828 g/mol. The van der Waals surface area contributed by atoms with E-state index in [-0.39, 0.29) is 6.04 Å². The van der Waals surface area contributed by atoms with Crippen LogP contribution in [0.1, 0.15) is 306 Å². The molecule has 346 valence electrons. The highest BCUT2D eigenvalue weighted by atomic mass is 14.7. The molecular weight excluding hydrogens is 723 g/mol. The molecule has 0 aliphatic heterocycles. The van der Waals surface area contributed by atoms with Crippen LogP contribution in [-0.2, 0) is 0 Å². The fourth-order valence-electron chi connectivity index (χ4n) is 10.1. The fraction of sp³-hybridized carbons (Fsp3) is 0.797. The van der Waals surface area contributed by atoms with E-state index in [1.165, 1.54) is 281 Å². The summed E-state index contributed by atoms with van der Waals surface area (Å²) in [5, 5.41) is 0. The molecule has 0 aliphatic carbocycles. The number of benzene rings is 2. The predicted molar refractivity (Wildman–Crippen MR) is 272 cm³/mol. The van der Waals surface area contributed by atoms with Gasteiger partial charge in [0.2, 0.25) is 0 Å². The van der Waals surface area contributed by atoms with E-state index in [1.807, 2.05) is 0 Å². The maximum Gasteiger partial charge on any atom is 0.0177 e. The predicted octanol–water partition coefficient (Wildman–Crippen LogP) is 20.3. The van der Waals surface area contributed by atoms with Crippen LogP contribution in [0.2, 0.25) is 0 Å². The molecule has 0 bridgehead atoms. The van der Waals surface area contributed by atoms with Crippen molar-refractivity contribution < 1.29 is 0 Å². The minimum atomic E-state index is 0.162. The first-order valence-electron chi connectivity index (χ1n) is 27.6. The van der Waals surface area contributed by atoms with Crippen molar-refractivity contribution in [1.29, 1.82) is 0 Å². The minimum absolute atomic E-state index is 0.162. The average Bonchev–Trinajstić information content (AvgIpc) is 3.28. The molecule has 0 radical (unpaired) electrons. The lowest BCUT2D eigenvalue weighted by Gasteiger charge is -2.32. The fourth-order valence-corrected chi connectivity index (χ4v) is 10.1. The van der Waals surface area contributed by atoms with Gasteiger partial charge in [-0.1, -0.05) is 331 Å². The van der Waals surface area contributed by atoms with Crippen molar-refractivity contribution in [2.75, 3.05) is 0 Å². The van der Waals surface area contributed by atoms with Gasteiger partial charge in [0.05, 0.1) is 0 Å². The van der Waals surface area contributed by atoms with Gasteiger partial charge >= 0.3 is 0 Å². The van der Waals surface area contributed by atoms with E-state index >= 15 is 0 Å². The topological polar surface area (TPSA) is 26.0 Å². The van der Waals surface area contributed by atoms with E-state index in [9.17, 15) is 0 Å². The van der Waals surface area contributed by atoms with Gasteiger partial charge in [0, 0.05) is 6.04 Å². The normalized spacial score (nSPS) is 13.2. The molecule has 0 saturated heterocycles. The summed E-state index contributed by atoms with van der Waals surface area (Å²) in [4.78, 5) is 0. The molecule has 0 aromatic heterocycles. The molecule has 2 unspecified atom stereocenters. The van der Waals surface area contributed by atoms with Crippen LogP contribution in [0.25, 0.3) is 0 Å². The zero-order valence-corrected chi connectivity index (χ0v) is 40.8. The Bertz CT molecular complexity index is 1010. The molecule has 1 heteroatoms. The highest BCUT2D eigenvalue weighted by Gasteiger charge is 2.28. The third kappa shape index (κ3) is 31.3. The van der Waals surface area contributed by atoms with Crippen LogP contribution < -0.4 is 5.73 Å². The van der Waals surface area contributed by atoms with E-state index in [0.717, 1.165) is 0 Å². The molecule has 0 spiro atoms. The summed E-state index contributed by atoms with van der Waals surface area (Å²) in [5.41, 5.74) is 10.3. The standard InChI is InChI=1S/C59H105N/c1-3-5-7-9-11-13-15-17-19-21-23-25-27-29-31-33-35-37-39-47-53-57(55-49-43-41-44-50-55)59(60)58(56-51-45-42-46-52-56)54-48-40-38-36-34-32-30-28-26-24-22-20-18-16-14-12-10-8-6-4-2/h41-46,49-52,57-59H,3-40,47-48,53-54,60H2,1-2H3. The number of hydrogen-bond donors (Lipinski definition) is 1. The van der Waals surface area contributed by atoms with Gasteiger partial charge in [0.1, 0.15) is 0 Å². The van der Waals surface area contributed by atoms with Crippen LogP contribution in [-0.4, -0.2) is 6.04 Å². The third-order valence-corrected chi connectivity index (χ3v) is 14.1. The lowest BCUT2D eigenvalue weighted by atomic mass is 9.76. The summed E-state index contributed by atoms with van der Waals surface area (Å²) >= 11 is 0. The van der Waals surface area contributed by atoms with Gasteiger partial charge in [0.25, 0.3) is 0 Å². The molecule has 2 N–H and O–H groups in total. The number of hydrogen-bond acceptors (Lipinski definition) is 1. The Morgan fingerprint density at radius 3 is 0.650 bits per heavy atom. The number of unbranched alkanes of at least 4 members (excludes halogenated alkanes) is 38. The Morgan fingerprint density at radius 1 is 0.267 bits per heavy atom. The molecule has 0 amide bonds. The van der Waals surface area contributed by atoms with Crippen molar-refractivity contribution in [3.05, 3.63) is 71.8 Å². The molecular formula is C59H105N. The van der Waals surface area contributed by atoms with Crippen molar-refractivity contribution in [1.82, 2.24) is 0 Å². The summed E-state index contributed by atoms with van der Waals surface area (Å²) < 4.78 is 0. The Kier molecular flexibility index (Phi) is 38.8. The van der Waals surface area contributed by atoms with Crippen molar-refractivity contribution in [2.45, 2.75) is 301 Å². The quantitative estimate of drug-likeness (QED) is 0.0661. The molecule has 2 aromatic rings. The second-order valence-electron chi connectivity index (χ2n) is 19.6. The van der Waals surface area contributed by atoms with Crippen LogP contribution in [0.15, 0.2) is 60.7 Å². The smallest absolute Gasteiger partial charge is 0.0177 e.